The number of aryl methyl sites for hydroxylation is 1. The summed E-state index contributed by atoms with van der Waals surface area (Å²) < 4.78 is 17.3. The Kier molecular flexibility index (Phi) is 5.29. The second-order valence-electron chi connectivity index (χ2n) is 7.46. The normalized spacial score (nSPS) is 15.2. The minimum Gasteiger partial charge on any atom is -0.485 e. The maximum absolute atomic E-state index is 12.5. The zero-order valence-electron chi connectivity index (χ0n) is 17.2. The predicted molar refractivity (Wildman–Crippen MR) is 123 cm³/mol. The second kappa shape index (κ2) is 8.40. The first-order valence-corrected chi connectivity index (χ1v) is 10.5. The average Bonchev–Trinajstić information content (AvgIpc) is 3.28. The van der Waals surface area contributed by atoms with Gasteiger partial charge < -0.3 is 13.9 Å². The highest BCUT2D eigenvalue weighted by Gasteiger charge is 2.27. The number of rotatable bonds is 4. The van der Waals surface area contributed by atoms with Gasteiger partial charge in [0.25, 0.3) is 5.91 Å². The monoisotopic (exact) mass is 446 g/mol. The lowest BCUT2D eigenvalue weighted by Gasteiger charge is -2.25. The first kappa shape index (κ1) is 20.2. The zero-order valence-corrected chi connectivity index (χ0v) is 17.9. The lowest BCUT2D eigenvalue weighted by molar-refractivity contribution is -0.130. The Morgan fingerprint density at radius 2 is 1.84 bits per heavy atom. The van der Waals surface area contributed by atoms with E-state index in [9.17, 15) is 4.79 Å². The van der Waals surface area contributed by atoms with E-state index in [4.69, 9.17) is 25.5 Å². The summed E-state index contributed by atoms with van der Waals surface area (Å²) in [5, 5.41) is 6.71. The summed E-state index contributed by atoms with van der Waals surface area (Å²) in [6.45, 7) is 2.04. The molecule has 0 saturated heterocycles. The molecule has 32 heavy (non-hydrogen) atoms. The maximum Gasteiger partial charge on any atom is 0.284 e. The molecule has 160 valence electrons. The van der Waals surface area contributed by atoms with Crippen molar-refractivity contribution in [3.63, 3.8) is 0 Å². The van der Waals surface area contributed by atoms with E-state index in [1.807, 2.05) is 67.6 Å². The van der Waals surface area contributed by atoms with Crippen LogP contribution in [-0.4, -0.2) is 24.8 Å². The van der Waals surface area contributed by atoms with Crippen LogP contribution in [0, 0.1) is 6.92 Å². The van der Waals surface area contributed by atoms with E-state index in [-0.39, 0.29) is 6.61 Å². The van der Waals surface area contributed by atoms with E-state index >= 15 is 0 Å². The lowest BCUT2D eigenvalue weighted by Crippen LogP contribution is -2.42. The number of ether oxygens (including phenoxy) is 2. The standard InChI is InChI=1S/C25H19ClN2O4/c1-15-6-7-18(10-20(15)26)21-9-8-19(31-21)13-27-28-25(29)24-14-30-22-11-16-4-2-3-5-17(16)12-23(22)32-24/h2-13,24H,14H2,1H3,(H,28,29)/b27-13+/t24-/m0/s1. The van der Waals surface area contributed by atoms with Crippen molar-refractivity contribution in [3.05, 3.63) is 83.1 Å². The molecular formula is C25H19ClN2O4. The van der Waals surface area contributed by atoms with Crippen LogP contribution in [-0.2, 0) is 4.79 Å². The van der Waals surface area contributed by atoms with E-state index in [2.05, 4.69) is 10.5 Å². The molecule has 0 fully saturated rings. The van der Waals surface area contributed by atoms with Gasteiger partial charge >= 0.3 is 0 Å². The second-order valence-corrected chi connectivity index (χ2v) is 7.87. The molecule has 1 amide bonds. The first-order valence-electron chi connectivity index (χ1n) is 10.1. The fourth-order valence-corrected chi connectivity index (χ4v) is 3.62. The fraction of sp³-hybridized carbons (Fsp3) is 0.120. The van der Waals surface area contributed by atoms with Gasteiger partial charge in [0.2, 0.25) is 6.10 Å². The van der Waals surface area contributed by atoms with E-state index in [0.717, 1.165) is 21.9 Å². The Morgan fingerprint density at radius 1 is 1.06 bits per heavy atom. The van der Waals surface area contributed by atoms with Gasteiger partial charge in [0.15, 0.2) is 11.5 Å². The Hall–Kier alpha value is -3.77. The molecule has 0 unspecified atom stereocenters. The van der Waals surface area contributed by atoms with Gasteiger partial charge in [-0.25, -0.2) is 5.43 Å². The fourth-order valence-electron chi connectivity index (χ4n) is 3.44. The molecule has 3 aromatic carbocycles. The molecule has 1 N–H and O–H groups in total. The third-order valence-corrected chi connectivity index (χ3v) is 5.62. The summed E-state index contributed by atoms with van der Waals surface area (Å²) >= 11 is 6.19. The first-order chi connectivity index (χ1) is 15.6. The molecule has 0 radical (unpaired) electrons. The van der Waals surface area contributed by atoms with Crippen molar-refractivity contribution in [1.82, 2.24) is 5.43 Å². The molecule has 6 nitrogen and oxygen atoms in total. The van der Waals surface area contributed by atoms with Crippen molar-refractivity contribution in [2.75, 3.05) is 6.61 Å². The number of fused-ring (bicyclic) bond motifs is 2. The Morgan fingerprint density at radius 3 is 2.62 bits per heavy atom. The van der Waals surface area contributed by atoms with Gasteiger partial charge in [-0.05, 0) is 53.6 Å². The minimum atomic E-state index is -0.803. The topological polar surface area (TPSA) is 73.1 Å². The summed E-state index contributed by atoms with van der Waals surface area (Å²) in [6.07, 6.45) is 0.630. The van der Waals surface area contributed by atoms with Crippen molar-refractivity contribution in [3.8, 4) is 22.8 Å². The van der Waals surface area contributed by atoms with Crippen molar-refractivity contribution < 1.29 is 18.7 Å². The highest BCUT2D eigenvalue weighted by molar-refractivity contribution is 6.31. The summed E-state index contributed by atoms with van der Waals surface area (Å²) in [5.74, 6) is 1.90. The number of halogens is 1. The van der Waals surface area contributed by atoms with Gasteiger partial charge in [0.05, 0.1) is 6.21 Å². The number of amides is 1. The quantitative estimate of drug-likeness (QED) is 0.338. The van der Waals surface area contributed by atoms with Crippen LogP contribution in [0.15, 0.2) is 76.2 Å². The average molecular weight is 447 g/mol. The molecule has 2 heterocycles. The van der Waals surface area contributed by atoms with E-state index in [0.29, 0.717) is 28.0 Å². The SMILES string of the molecule is Cc1ccc(-c2ccc(/C=N/NC(=O)[C@@H]3COc4cc5ccccc5cc4O3)o2)cc1Cl. The molecule has 1 aliphatic heterocycles. The number of nitrogens with one attached hydrogen (secondary N) is 1. The molecule has 7 heteroatoms. The molecule has 4 aromatic rings. The number of carbonyl (C=O) groups excluding carboxylic acids is 1. The van der Waals surface area contributed by atoms with Crippen LogP contribution >= 0.6 is 11.6 Å². The zero-order chi connectivity index (χ0) is 22.1. The van der Waals surface area contributed by atoms with Crippen molar-refractivity contribution >= 4 is 34.5 Å². The van der Waals surface area contributed by atoms with Crippen LogP contribution in [0.25, 0.3) is 22.1 Å². The smallest absolute Gasteiger partial charge is 0.284 e. The van der Waals surface area contributed by atoms with Gasteiger partial charge in [0, 0.05) is 10.6 Å². The number of benzene rings is 3. The molecule has 0 bridgehead atoms. The van der Waals surface area contributed by atoms with Crippen LogP contribution in [0.1, 0.15) is 11.3 Å². The van der Waals surface area contributed by atoms with E-state index < -0.39 is 12.0 Å². The molecule has 0 saturated carbocycles. The number of hydrogen-bond donors (Lipinski definition) is 1. The summed E-state index contributed by atoms with van der Waals surface area (Å²) in [4.78, 5) is 12.5. The molecule has 5 rings (SSSR count). The van der Waals surface area contributed by atoms with Crippen LogP contribution in [0.2, 0.25) is 5.02 Å². The molecule has 1 aliphatic rings. The third-order valence-electron chi connectivity index (χ3n) is 5.21. The van der Waals surface area contributed by atoms with Crippen molar-refractivity contribution in [2.24, 2.45) is 5.10 Å². The van der Waals surface area contributed by atoms with Crippen LogP contribution in [0.4, 0.5) is 0 Å². The van der Waals surface area contributed by atoms with Gasteiger partial charge in [-0.15, -0.1) is 0 Å². The number of furan rings is 1. The number of hydrazone groups is 1. The Balaban J connectivity index is 1.23. The maximum atomic E-state index is 12.5. The summed E-state index contributed by atoms with van der Waals surface area (Å²) in [7, 11) is 0. The summed E-state index contributed by atoms with van der Waals surface area (Å²) in [5.41, 5.74) is 4.34. The predicted octanol–water partition coefficient (Wildman–Crippen LogP) is 5.35. The highest BCUT2D eigenvalue weighted by atomic mass is 35.5. The number of hydrogen-bond acceptors (Lipinski definition) is 5. The van der Waals surface area contributed by atoms with Crippen LogP contribution < -0.4 is 14.9 Å². The number of nitrogens with zero attached hydrogens (tertiary/aromatic N) is 1. The van der Waals surface area contributed by atoms with Crippen molar-refractivity contribution in [1.29, 1.82) is 0 Å². The van der Waals surface area contributed by atoms with Gasteiger partial charge in [-0.1, -0.05) is 48.0 Å². The van der Waals surface area contributed by atoms with Gasteiger partial charge in [0.1, 0.15) is 18.1 Å². The Bertz CT molecular complexity index is 1350. The molecule has 1 aromatic heterocycles. The lowest BCUT2D eigenvalue weighted by atomic mass is 10.1. The van der Waals surface area contributed by atoms with E-state index in [1.54, 1.807) is 6.07 Å². The van der Waals surface area contributed by atoms with Crippen LogP contribution in [0.3, 0.4) is 0 Å². The van der Waals surface area contributed by atoms with Gasteiger partial charge in [-0.2, -0.15) is 5.10 Å². The molecule has 1 atom stereocenters. The molecule has 0 spiro atoms. The van der Waals surface area contributed by atoms with Crippen LogP contribution in [0.5, 0.6) is 11.5 Å². The number of carbonyl (C=O) groups is 1. The van der Waals surface area contributed by atoms with E-state index in [1.165, 1.54) is 6.21 Å². The largest absolute Gasteiger partial charge is 0.485 e. The third kappa shape index (κ3) is 4.05. The van der Waals surface area contributed by atoms with Crippen molar-refractivity contribution in [2.45, 2.75) is 13.0 Å². The summed E-state index contributed by atoms with van der Waals surface area (Å²) in [6, 6.07) is 21.0. The minimum absolute atomic E-state index is 0.103. The molecular weight excluding hydrogens is 428 g/mol. The van der Waals surface area contributed by atoms with Gasteiger partial charge in [-0.3, -0.25) is 4.79 Å². The highest BCUT2D eigenvalue weighted by Crippen LogP contribution is 2.35. The molecule has 0 aliphatic carbocycles. The Labute approximate surface area is 189 Å².